The third-order valence-electron chi connectivity index (χ3n) is 6.38. The molecule has 2 heterocycles. The van der Waals surface area contributed by atoms with Gasteiger partial charge in [0.1, 0.15) is 5.75 Å². The number of piperidine rings is 1. The number of amides is 2. The molecule has 3 N–H and O–H groups in total. The highest BCUT2D eigenvalue weighted by Crippen LogP contribution is 2.29. The van der Waals surface area contributed by atoms with Gasteiger partial charge in [-0.25, -0.2) is 0 Å². The van der Waals surface area contributed by atoms with Crippen molar-refractivity contribution in [3.05, 3.63) is 54.1 Å². The van der Waals surface area contributed by atoms with Crippen LogP contribution >= 0.6 is 0 Å². The maximum absolute atomic E-state index is 12.7. The first kappa shape index (κ1) is 21.2. The first-order valence-electron chi connectivity index (χ1n) is 10.9. The largest absolute Gasteiger partial charge is 0.496 e. The maximum Gasteiger partial charge on any atom is 0.259 e. The van der Waals surface area contributed by atoms with Crippen molar-refractivity contribution in [3.8, 4) is 5.75 Å². The first-order valence-corrected chi connectivity index (χ1v) is 10.9. The normalized spacial score (nSPS) is 19.9. The molecule has 0 unspecified atom stereocenters. The third-order valence-corrected chi connectivity index (χ3v) is 6.38. The highest BCUT2D eigenvalue weighted by atomic mass is 16.5. The van der Waals surface area contributed by atoms with Crippen LogP contribution in [0.25, 0.3) is 0 Å². The summed E-state index contributed by atoms with van der Waals surface area (Å²) in [6.45, 7) is 2.79. The highest BCUT2D eigenvalue weighted by molar-refractivity contribution is 6.06. The third kappa shape index (κ3) is 4.66. The molecule has 0 saturated carbocycles. The average Bonchev–Trinajstić information content (AvgIpc) is 3.30. The summed E-state index contributed by atoms with van der Waals surface area (Å²) in [5.74, 6) is 0.160. The Morgan fingerprint density at radius 2 is 1.81 bits per heavy atom. The number of rotatable bonds is 6. The second kappa shape index (κ2) is 9.39. The zero-order valence-electron chi connectivity index (χ0n) is 17.9. The number of carbonyl (C=O) groups is 2. The fourth-order valence-corrected chi connectivity index (χ4v) is 4.80. The summed E-state index contributed by atoms with van der Waals surface area (Å²) < 4.78 is 5.30. The zero-order chi connectivity index (χ0) is 21.8. The Bertz CT molecular complexity index is 940. The number of para-hydroxylation sites is 1. The van der Waals surface area contributed by atoms with E-state index in [-0.39, 0.29) is 17.9 Å². The molecule has 2 saturated heterocycles. The van der Waals surface area contributed by atoms with Gasteiger partial charge < -0.3 is 20.7 Å². The molecule has 0 aliphatic carbocycles. The number of benzene rings is 2. The van der Waals surface area contributed by atoms with Crippen molar-refractivity contribution in [2.24, 2.45) is 5.73 Å². The number of nitrogens with one attached hydrogen (secondary N) is 1. The number of likely N-dealkylation sites (tertiary alicyclic amines) is 1. The molecule has 2 aliphatic rings. The molecule has 2 aromatic carbocycles. The average molecular weight is 423 g/mol. The fourth-order valence-electron chi connectivity index (χ4n) is 4.80. The van der Waals surface area contributed by atoms with Crippen molar-refractivity contribution in [1.82, 2.24) is 4.90 Å². The quantitative estimate of drug-likeness (QED) is 0.747. The van der Waals surface area contributed by atoms with Crippen molar-refractivity contribution in [3.63, 3.8) is 0 Å². The van der Waals surface area contributed by atoms with Crippen LogP contribution in [0.3, 0.4) is 0 Å². The van der Waals surface area contributed by atoms with E-state index in [4.69, 9.17) is 10.5 Å². The topological polar surface area (TPSA) is 87.9 Å². The molecule has 2 aliphatic heterocycles. The van der Waals surface area contributed by atoms with Gasteiger partial charge in [0, 0.05) is 30.5 Å². The number of nitrogens with two attached hydrogens (primary N) is 1. The Hall–Kier alpha value is -3.06. The van der Waals surface area contributed by atoms with E-state index in [1.165, 1.54) is 0 Å². The molecule has 1 atom stereocenters. The van der Waals surface area contributed by atoms with E-state index in [1.807, 2.05) is 30.3 Å². The van der Waals surface area contributed by atoms with Gasteiger partial charge in [0.25, 0.3) is 5.91 Å². The lowest BCUT2D eigenvalue weighted by Gasteiger charge is -2.39. The van der Waals surface area contributed by atoms with E-state index in [0.717, 1.165) is 56.7 Å². The lowest BCUT2D eigenvalue weighted by Crippen LogP contribution is -2.50. The molecular formula is C24H30N4O3. The molecule has 2 aromatic rings. The van der Waals surface area contributed by atoms with Gasteiger partial charge in [-0.15, -0.1) is 0 Å². The SMILES string of the molecule is COc1ccccc1C(=O)Nc1cccc(N2CCC(N3CCC[C@H]3C(N)=O)CC2)c1. The Balaban J connectivity index is 1.39. The highest BCUT2D eigenvalue weighted by Gasteiger charge is 2.35. The van der Waals surface area contributed by atoms with E-state index < -0.39 is 0 Å². The summed E-state index contributed by atoms with van der Waals surface area (Å²) in [4.78, 5) is 29.1. The Kier molecular flexibility index (Phi) is 6.42. The first-order chi connectivity index (χ1) is 15.1. The zero-order valence-corrected chi connectivity index (χ0v) is 17.9. The van der Waals surface area contributed by atoms with Crippen molar-refractivity contribution in [2.75, 3.05) is 37.0 Å². The van der Waals surface area contributed by atoms with Gasteiger partial charge >= 0.3 is 0 Å². The number of anilines is 2. The molecular weight excluding hydrogens is 392 g/mol. The lowest BCUT2D eigenvalue weighted by atomic mass is 10.0. The Morgan fingerprint density at radius 1 is 1.03 bits per heavy atom. The molecule has 0 bridgehead atoms. The van der Waals surface area contributed by atoms with Gasteiger partial charge in [-0.05, 0) is 62.6 Å². The van der Waals surface area contributed by atoms with Crippen LogP contribution in [0.5, 0.6) is 5.75 Å². The van der Waals surface area contributed by atoms with Gasteiger partial charge in [0.15, 0.2) is 0 Å². The van der Waals surface area contributed by atoms with E-state index in [9.17, 15) is 9.59 Å². The van der Waals surface area contributed by atoms with Crippen molar-refractivity contribution >= 4 is 23.2 Å². The number of hydrogen-bond acceptors (Lipinski definition) is 5. The number of hydrogen-bond donors (Lipinski definition) is 2. The molecule has 0 spiro atoms. The molecule has 7 heteroatoms. The van der Waals surface area contributed by atoms with Crippen LogP contribution in [0.1, 0.15) is 36.0 Å². The predicted molar refractivity (Wildman–Crippen MR) is 122 cm³/mol. The summed E-state index contributed by atoms with van der Waals surface area (Å²) >= 11 is 0. The fraction of sp³-hybridized carbons (Fsp3) is 0.417. The van der Waals surface area contributed by atoms with Crippen LogP contribution in [0.15, 0.2) is 48.5 Å². The number of nitrogens with zero attached hydrogens (tertiary/aromatic N) is 2. The van der Waals surface area contributed by atoms with Crippen LogP contribution in [-0.2, 0) is 4.79 Å². The van der Waals surface area contributed by atoms with Crippen LogP contribution in [-0.4, -0.2) is 55.5 Å². The second-order valence-corrected chi connectivity index (χ2v) is 8.22. The molecule has 2 fully saturated rings. The van der Waals surface area contributed by atoms with Crippen LogP contribution in [0.2, 0.25) is 0 Å². The molecule has 2 amide bonds. The standard InChI is InChI=1S/C24H30N4O3/c1-31-22-10-3-2-8-20(22)24(30)26-17-6-4-7-19(16-17)27-14-11-18(12-15-27)28-13-5-9-21(28)23(25)29/h2-4,6-8,10,16,18,21H,5,9,11-15H2,1H3,(H2,25,29)(H,26,30)/t21-/m0/s1. The van der Waals surface area contributed by atoms with Gasteiger partial charge in [-0.1, -0.05) is 18.2 Å². The van der Waals surface area contributed by atoms with Gasteiger partial charge in [0.05, 0.1) is 18.7 Å². The second-order valence-electron chi connectivity index (χ2n) is 8.22. The summed E-state index contributed by atoms with van der Waals surface area (Å²) in [6, 6.07) is 15.4. The van der Waals surface area contributed by atoms with E-state index in [2.05, 4.69) is 21.2 Å². The lowest BCUT2D eigenvalue weighted by molar-refractivity contribution is -0.123. The summed E-state index contributed by atoms with van der Waals surface area (Å²) in [6.07, 6.45) is 3.93. The minimum absolute atomic E-state index is 0.106. The number of methoxy groups -OCH3 is 1. The van der Waals surface area contributed by atoms with Gasteiger partial charge in [0.2, 0.25) is 5.91 Å². The summed E-state index contributed by atoms with van der Waals surface area (Å²) in [7, 11) is 1.56. The summed E-state index contributed by atoms with van der Waals surface area (Å²) in [5.41, 5.74) is 7.94. The smallest absolute Gasteiger partial charge is 0.259 e. The number of carbonyl (C=O) groups excluding carboxylic acids is 2. The van der Waals surface area contributed by atoms with Gasteiger partial charge in [-0.2, -0.15) is 0 Å². The molecule has 0 aromatic heterocycles. The molecule has 0 radical (unpaired) electrons. The van der Waals surface area contributed by atoms with E-state index >= 15 is 0 Å². The van der Waals surface area contributed by atoms with Crippen molar-refractivity contribution < 1.29 is 14.3 Å². The Labute approximate surface area is 183 Å². The predicted octanol–water partition coefficient (Wildman–Crippen LogP) is 2.87. The Morgan fingerprint density at radius 3 is 2.55 bits per heavy atom. The molecule has 7 nitrogen and oxygen atoms in total. The summed E-state index contributed by atoms with van der Waals surface area (Å²) in [5, 5.41) is 2.98. The van der Waals surface area contributed by atoms with Gasteiger partial charge in [-0.3, -0.25) is 14.5 Å². The van der Waals surface area contributed by atoms with Crippen molar-refractivity contribution in [1.29, 1.82) is 0 Å². The monoisotopic (exact) mass is 422 g/mol. The van der Waals surface area contributed by atoms with Crippen LogP contribution in [0, 0.1) is 0 Å². The van der Waals surface area contributed by atoms with Crippen LogP contribution in [0.4, 0.5) is 11.4 Å². The molecule has 31 heavy (non-hydrogen) atoms. The minimum Gasteiger partial charge on any atom is -0.496 e. The van der Waals surface area contributed by atoms with E-state index in [0.29, 0.717) is 17.4 Å². The van der Waals surface area contributed by atoms with E-state index in [1.54, 1.807) is 19.2 Å². The minimum atomic E-state index is -0.196. The number of ether oxygens (including phenoxy) is 1. The molecule has 4 rings (SSSR count). The van der Waals surface area contributed by atoms with Crippen LogP contribution < -0.4 is 20.7 Å². The maximum atomic E-state index is 12.7. The van der Waals surface area contributed by atoms with Crippen molar-refractivity contribution in [2.45, 2.75) is 37.8 Å². The number of primary amides is 1. The molecule has 164 valence electrons.